The molecule has 1 aromatic carbocycles. The van der Waals surface area contributed by atoms with Crippen molar-refractivity contribution in [3.63, 3.8) is 0 Å². The topological polar surface area (TPSA) is 83.6 Å². The first-order chi connectivity index (χ1) is 12.1. The van der Waals surface area contributed by atoms with E-state index in [4.69, 9.17) is 0 Å². The second-order valence-electron chi connectivity index (χ2n) is 5.03. The Hall–Kier alpha value is -2.76. The van der Waals surface area contributed by atoms with Gasteiger partial charge in [-0.05, 0) is 49.4 Å². The zero-order valence-corrected chi connectivity index (χ0v) is 15.5. The van der Waals surface area contributed by atoms with Crippen LogP contribution in [-0.2, 0) is 4.79 Å². The standard InChI is InChI=1S/C17H12BrN5OS/c1-11-21-22-17(25-11)20-16(24)12(10-19)9-15-3-2-8-23(15)14-6-4-13(18)5-7-14/h2-9H,1H3,(H,20,22,24). The van der Waals surface area contributed by atoms with Crippen molar-refractivity contribution >= 4 is 44.4 Å². The normalized spacial score (nSPS) is 11.2. The minimum absolute atomic E-state index is 0.00934. The molecule has 3 rings (SSSR count). The van der Waals surface area contributed by atoms with E-state index in [1.807, 2.05) is 53.2 Å². The van der Waals surface area contributed by atoms with E-state index in [1.165, 1.54) is 11.3 Å². The molecule has 1 N–H and O–H groups in total. The van der Waals surface area contributed by atoms with E-state index in [0.29, 0.717) is 5.13 Å². The maximum Gasteiger partial charge on any atom is 0.268 e. The number of hydrogen-bond acceptors (Lipinski definition) is 5. The van der Waals surface area contributed by atoms with Crippen LogP contribution in [0, 0.1) is 18.3 Å². The van der Waals surface area contributed by atoms with Crippen molar-refractivity contribution in [3.8, 4) is 11.8 Å². The molecule has 6 nitrogen and oxygen atoms in total. The maximum absolute atomic E-state index is 12.3. The Morgan fingerprint density at radius 1 is 1.32 bits per heavy atom. The van der Waals surface area contributed by atoms with Crippen LogP contribution in [0.25, 0.3) is 11.8 Å². The molecule has 0 radical (unpaired) electrons. The van der Waals surface area contributed by atoms with Gasteiger partial charge in [0, 0.05) is 22.1 Å². The monoisotopic (exact) mass is 413 g/mol. The molecular weight excluding hydrogens is 402 g/mol. The summed E-state index contributed by atoms with van der Waals surface area (Å²) in [6.45, 7) is 1.79. The quantitative estimate of drug-likeness (QED) is 0.518. The predicted octanol–water partition coefficient (Wildman–Crippen LogP) is 3.95. The number of benzene rings is 1. The van der Waals surface area contributed by atoms with Crippen LogP contribution in [0.2, 0.25) is 0 Å². The molecule has 8 heteroatoms. The number of anilines is 1. The first kappa shape index (κ1) is 17.1. The van der Waals surface area contributed by atoms with Gasteiger partial charge in [-0.15, -0.1) is 10.2 Å². The van der Waals surface area contributed by atoms with Crippen molar-refractivity contribution in [2.75, 3.05) is 5.32 Å². The first-order valence-electron chi connectivity index (χ1n) is 7.23. The van der Waals surface area contributed by atoms with E-state index < -0.39 is 5.91 Å². The Kier molecular flexibility index (Phi) is 5.07. The van der Waals surface area contributed by atoms with Crippen molar-refractivity contribution in [1.82, 2.24) is 14.8 Å². The summed E-state index contributed by atoms with van der Waals surface area (Å²) in [7, 11) is 0. The molecule has 25 heavy (non-hydrogen) atoms. The highest BCUT2D eigenvalue weighted by molar-refractivity contribution is 9.10. The van der Waals surface area contributed by atoms with Gasteiger partial charge in [-0.2, -0.15) is 5.26 Å². The van der Waals surface area contributed by atoms with Crippen molar-refractivity contribution in [3.05, 3.63) is 63.3 Å². The number of nitrogens with zero attached hydrogens (tertiary/aromatic N) is 4. The SMILES string of the molecule is Cc1nnc(NC(=O)C(C#N)=Cc2cccn2-c2ccc(Br)cc2)s1. The molecule has 2 aromatic heterocycles. The fraction of sp³-hybridized carbons (Fsp3) is 0.0588. The van der Waals surface area contributed by atoms with E-state index in [-0.39, 0.29) is 5.57 Å². The summed E-state index contributed by atoms with van der Waals surface area (Å²) in [5, 5.41) is 20.7. The minimum Gasteiger partial charge on any atom is -0.317 e. The van der Waals surface area contributed by atoms with Gasteiger partial charge in [-0.3, -0.25) is 10.1 Å². The summed E-state index contributed by atoms with van der Waals surface area (Å²) in [4.78, 5) is 12.3. The molecular formula is C17H12BrN5OS. The van der Waals surface area contributed by atoms with Gasteiger partial charge in [-0.25, -0.2) is 0 Å². The highest BCUT2D eigenvalue weighted by Gasteiger charge is 2.13. The second-order valence-corrected chi connectivity index (χ2v) is 7.13. The predicted molar refractivity (Wildman–Crippen MR) is 100 cm³/mol. The lowest BCUT2D eigenvalue weighted by atomic mass is 10.2. The summed E-state index contributed by atoms with van der Waals surface area (Å²) in [6, 6.07) is 13.4. The number of carbonyl (C=O) groups excluding carboxylic acids is 1. The minimum atomic E-state index is -0.512. The van der Waals surface area contributed by atoms with E-state index in [9.17, 15) is 10.1 Å². The first-order valence-corrected chi connectivity index (χ1v) is 8.84. The molecule has 0 unspecified atom stereocenters. The molecule has 0 spiro atoms. The van der Waals surface area contributed by atoms with Crippen LogP contribution in [0.3, 0.4) is 0 Å². The molecule has 0 fully saturated rings. The van der Waals surface area contributed by atoms with Crippen LogP contribution in [0.1, 0.15) is 10.7 Å². The van der Waals surface area contributed by atoms with Gasteiger partial charge in [0.1, 0.15) is 16.6 Å². The van der Waals surface area contributed by atoms with Gasteiger partial charge in [0.25, 0.3) is 5.91 Å². The summed E-state index contributed by atoms with van der Waals surface area (Å²) in [6.07, 6.45) is 3.42. The molecule has 124 valence electrons. The zero-order valence-electron chi connectivity index (χ0n) is 13.1. The summed E-state index contributed by atoms with van der Waals surface area (Å²) < 4.78 is 2.87. The third-order valence-corrected chi connectivity index (χ3v) is 4.57. The molecule has 0 saturated heterocycles. The van der Waals surface area contributed by atoms with Crippen LogP contribution >= 0.6 is 27.3 Å². The number of halogens is 1. The van der Waals surface area contributed by atoms with Crippen LogP contribution in [0.5, 0.6) is 0 Å². The van der Waals surface area contributed by atoms with Crippen molar-refractivity contribution in [2.45, 2.75) is 6.92 Å². The number of nitrogens with one attached hydrogen (secondary N) is 1. The Morgan fingerprint density at radius 3 is 2.72 bits per heavy atom. The number of nitriles is 1. The average Bonchev–Trinajstić information content (AvgIpc) is 3.22. The Balaban J connectivity index is 1.88. The van der Waals surface area contributed by atoms with E-state index >= 15 is 0 Å². The lowest BCUT2D eigenvalue weighted by molar-refractivity contribution is -0.112. The number of hydrogen-bond donors (Lipinski definition) is 1. The lowest BCUT2D eigenvalue weighted by Crippen LogP contribution is -2.13. The number of rotatable bonds is 4. The Bertz CT molecular complexity index is 981. The number of aryl methyl sites for hydroxylation is 1. The molecule has 0 aliphatic rings. The number of aromatic nitrogens is 3. The van der Waals surface area contributed by atoms with Crippen LogP contribution in [0.4, 0.5) is 5.13 Å². The molecule has 1 amide bonds. The summed E-state index contributed by atoms with van der Waals surface area (Å²) in [5.41, 5.74) is 1.64. The highest BCUT2D eigenvalue weighted by Crippen LogP contribution is 2.19. The van der Waals surface area contributed by atoms with Crippen LogP contribution in [0.15, 0.2) is 52.6 Å². The summed E-state index contributed by atoms with van der Waals surface area (Å²) in [5.74, 6) is -0.512. The molecule has 0 aliphatic heterocycles. The van der Waals surface area contributed by atoms with Crippen LogP contribution in [-0.4, -0.2) is 20.7 Å². The van der Waals surface area contributed by atoms with Gasteiger partial charge in [0.2, 0.25) is 5.13 Å². The highest BCUT2D eigenvalue weighted by atomic mass is 79.9. The Labute approximate surface area is 156 Å². The Morgan fingerprint density at radius 2 is 2.08 bits per heavy atom. The van der Waals surface area contributed by atoms with Crippen molar-refractivity contribution in [2.24, 2.45) is 0 Å². The lowest BCUT2D eigenvalue weighted by Gasteiger charge is -2.07. The van der Waals surface area contributed by atoms with Gasteiger partial charge in [-0.1, -0.05) is 27.3 Å². The van der Waals surface area contributed by atoms with Gasteiger partial charge in [0.05, 0.1) is 0 Å². The smallest absolute Gasteiger partial charge is 0.268 e. The third kappa shape index (κ3) is 4.02. The average molecular weight is 414 g/mol. The summed E-state index contributed by atoms with van der Waals surface area (Å²) >= 11 is 4.66. The number of carbonyl (C=O) groups is 1. The van der Waals surface area contributed by atoms with Gasteiger partial charge < -0.3 is 4.57 Å². The molecule has 0 bridgehead atoms. The molecule has 0 atom stereocenters. The van der Waals surface area contributed by atoms with E-state index in [0.717, 1.165) is 20.9 Å². The fourth-order valence-corrected chi connectivity index (χ4v) is 3.01. The van der Waals surface area contributed by atoms with Crippen LogP contribution < -0.4 is 5.32 Å². The molecule has 0 aliphatic carbocycles. The largest absolute Gasteiger partial charge is 0.317 e. The van der Waals surface area contributed by atoms with Crippen molar-refractivity contribution in [1.29, 1.82) is 5.26 Å². The molecule has 2 heterocycles. The van der Waals surface area contributed by atoms with E-state index in [2.05, 4.69) is 31.4 Å². The third-order valence-electron chi connectivity index (χ3n) is 3.29. The van der Waals surface area contributed by atoms with Crippen molar-refractivity contribution < 1.29 is 4.79 Å². The molecule has 3 aromatic rings. The second kappa shape index (κ2) is 7.42. The fourth-order valence-electron chi connectivity index (χ4n) is 2.16. The van der Waals surface area contributed by atoms with Gasteiger partial charge in [0.15, 0.2) is 0 Å². The number of amides is 1. The molecule has 0 saturated carbocycles. The maximum atomic E-state index is 12.3. The van der Waals surface area contributed by atoms with Gasteiger partial charge >= 0.3 is 0 Å². The zero-order chi connectivity index (χ0) is 17.8. The van der Waals surface area contributed by atoms with E-state index in [1.54, 1.807) is 13.0 Å².